The summed E-state index contributed by atoms with van der Waals surface area (Å²) in [4.78, 5) is 21.0. The number of nitrogens with one attached hydrogen (secondary N) is 2. The summed E-state index contributed by atoms with van der Waals surface area (Å²) in [5.41, 5.74) is 0. The van der Waals surface area contributed by atoms with Gasteiger partial charge < -0.3 is 15.7 Å². The quantitative estimate of drug-likeness (QED) is 0.520. The van der Waals surface area contributed by atoms with E-state index in [1.54, 1.807) is 0 Å². The van der Waals surface area contributed by atoms with Gasteiger partial charge in [0.05, 0.1) is 0 Å². The van der Waals surface area contributed by atoms with Crippen molar-refractivity contribution in [2.24, 2.45) is 0 Å². The number of amides is 2. The fraction of sp³-hybridized carbons (Fsp3) is 0.429. The van der Waals surface area contributed by atoms with Crippen molar-refractivity contribution in [1.29, 1.82) is 0 Å². The monoisotopic (exact) mass is 172 g/mol. The molecule has 0 aromatic carbocycles. The second-order valence-electron chi connectivity index (χ2n) is 2.21. The minimum atomic E-state index is -1.21. The van der Waals surface area contributed by atoms with Gasteiger partial charge in [-0.15, -0.1) is 6.58 Å². The van der Waals surface area contributed by atoms with Crippen LogP contribution in [0.4, 0.5) is 4.79 Å². The zero-order valence-electron chi connectivity index (χ0n) is 6.83. The van der Waals surface area contributed by atoms with Gasteiger partial charge in [-0.2, -0.15) is 0 Å². The van der Waals surface area contributed by atoms with Gasteiger partial charge in [-0.05, 0) is 6.92 Å². The van der Waals surface area contributed by atoms with Crippen LogP contribution in [0.1, 0.15) is 6.92 Å². The molecule has 0 aliphatic carbocycles. The summed E-state index contributed by atoms with van der Waals surface area (Å²) in [5.74, 6) is -0.364. The van der Waals surface area contributed by atoms with E-state index in [1.807, 2.05) is 5.32 Å². The summed E-state index contributed by atoms with van der Waals surface area (Å²) < 4.78 is 0. The summed E-state index contributed by atoms with van der Waals surface area (Å²) in [6.45, 7) is 5.20. The Hall–Kier alpha value is -1.52. The lowest BCUT2D eigenvalue weighted by molar-refractivity contribution is -0.122. The van der Waals surface area contributed by atoms with E-state index in [0.717, 1.165) is 0 Å². The molecule has 0 saturated carbocycles. The molecule has 0 fully saturated rings. The van der Waals surface area contributed by atoms with Gasteiger partial charge >= 0.3 is 6.09 Å². The molecule has 0 bridgehead atoms. The van der Waals surface area contributed by atoms with Crippen molar-refractivity contribution in [3.8, 4) is 0 Å². The summed E-state index contributed by atoms with van der Waals surface area (Å²) in [7, 11) is 0. The molecule has 1 unspecified atom stereocenters. The number of hydrogen-bond donors (Lipinski definition) is 3. The summed E-state index contributed by atoms with van der Waals surface area (Å²) in [6, 6.07) is -0.734. The first-order chi connectivity index (χ1) is 5.57. The van der Waals surface area contributed by atoms with E-state index in [1.165, 1.54) is 13.0 Å². The molecular formula is C7H12N2O3. The molecule has 3 N–H and O–H groups in total. The topological polar surface area (TPSA) is 78.4 Å². The van der Waals surface area contributed by atoms with E-state index >= 15 is 0 Å². The van der Waals surface area contributed by atoms with Gasteiger partial charge in [0.1, 0.15) is 6.04 Å². The standard InChI is InChI=1S/C7H12N2O3/c1-3-4-8-6(10)5(2)9-7(11)12/h3,5,9H,1,4H2,2H3,(H,8,10)(H,11,12). The number of carboxylic acid groups (broad SMARTS) is 1. The van der Waals surface area contributed by atoms with Crippen LogP contribution in [0.15, 0.2) is 12.7 Å². The van der Waals surface area contributed by atoms with Gasteiger partial charge in [0.15, 0.2) is 0 Å². The number of hydrogen-bond acceptors (Lipinski definition) is 2. The molecule has 5 heteroatoms. The van der Waals surface area contributed by atoms with Crippen molar-refractivity contribution in [3.63, 3.8) is 0 Å². The first-order valence-corrected chi connectivity index (χ1v) is 3.46. The van der Waals surface area contributed by atoms with Crippen molar-refractivity contribution in [1.82, 2.24) is 10.6 Å². The zero-order valence-corrected chi connectivity index (χ0v) is 6.83. The molecule has 0 aromatic rings. The second kappa shape index (κ2) is 5.17. The molecule has 0 aromatic heterocycles. The van der Waals surface area contributed by atoms with Gasteiger partial charge in [0.25, 0.3) is 0 Å². The maximum atomic E-state index is 11.0. The highest BCUT2D eigenvalue weighted by Crippen LogP contribution is 1.81. The predicted octanol–water partition coefficient (Wildman–Crippen LogP) is -0.0553. The molecule has 0 saturated heterocycles. The van der Waals surface area contributed by atoms with E-state index in [0.29, 0.717) is 6.54 Å². The van der Waals surface area contributed by atoms with Crippen molar-refractivity contribution >= 4 is 12.0 Å². The minimum Gasteiger partial charge on any atom is -0.465 e. The SMILES string of the molecule is C=CCNC(=O)C(C)NC(=O)O. The van der Waals surface area contributed by atoms with Crippen LogP contribution in [-0.2, 0) is 4.79 Å². The first kappa shape index (κ1) is 10.5. The number of rotatable bonds is 4. The highest BCUT2D eigenvalue weighted by molar-refractivity contribution is 5.84. The second-order valence-corrected chi connectivity index (χ2v) is 2.21. The maximum absolute atomic E-state index is 11.0. The van der Waals surface area contributed by atoms with Crippen LogP contribution in [0.2, 0.25) is 0 Å². The minimum absolute atomic E-state index is 0.338. The molecule has 0 rings (SSSR count). The van der Waals surface area contributed by atoms with Crippen LogP contribution in [0.3, 0.4) is 0 Å². The largest absolute Gasteiger partial charge is 0.465 e. The molecule has 1 atom stereocenters. The lowest BCUT2D eigenvalue weighted by atomic mass is 10.3. The van der Waals surface area contributed by atoms with Crippen LogP contribution in [0.25, 0.3) is 0 Å². The molecule has 0 heterocycles. The molecule has 0 aliphatic heterocycles. The lowest BCUT2D eigenvalue weighted by Crippen LogP contribution is -2.44. The Labute approximate surface area is 70.5 Å². The van der Waals surface area contributed by atoms with Crippen LogP contribution in [0, 0.1) is 0 Å². The third kappa shape index (κ3) is 4.32. The Bertz CT molecular complexity index is 191. The average molecular weight is 172 g/mol. The molecule has 0 aliphatic rings. The van der Waals surface area contributed by atoms with Crippen molar-refractivity contribution < 1.29 is 14.7 Å². The summed E-state index contributed by atoms with van der Waals surface area (Å²) in [6.07, 6.45) is 0.307. The van der Waals surface area contributed by atoms with Gasteiger partial charge in [0.2, 0.25) is 5.91 Å². The van der Waals surface area contributed by atoms with E-state index in [-0.39, 0.29) is 5.91 Å². The van der Waals surface area contributed by atoms with Crippen molar-refractivity contribution in [2.45, 2.75) is 13.0 Å². The molecule has 68 valence electrons. The Morgan fingerprint density at radius 1 is 1.67 bits per heavy atom. The summed E-state index contributed by atoms with van der Waals surface area (Å²) in [5, 5.41) is 12.7. The van der Waals surface area contributed by atoms with Crippen LogP contribution < -0.4 is 10.6 Å². The van der Waals surface area contributed by atoms with Gasteiger partial charge in [-0.3, -0.25) is 4.79 Å². The van der Waals surface area contributed by atoms with Crippen LogP contribution in [0.5, 0.6) is 0 Å². The highest BCUT2D eigenvalue weighted by Gasteiger charge is 2.12. The van der Waals surface area contributed by atoms with Crippen molar-refractivity contribution in [3.05, 3.63) is 12.7 Å². The predicted molar refractivity (Wildman–Crippen MR) is 43.8 cm³/mol. The Morgan fingerprint density at radius 3 is 2.67 bits per heavy atom. The van der Waals surface area contributed by atoms with Crippen LogP contribution in [-0.4, -0.2) is 29.7 Å². The van der Waals surface area contributed by atoms with Crippen LogP contribution >= 0.6 is 0 Å². The maximum Gasteiger partial charge on any atom is 0.405 e. The average Bonchev–Trinajstić information content (AvgIpc) is 1.98. The molecular weight excluding hydrogens is 160 g/mol. The van der Waals surface area contributed by atoms with E-state index in [4.69, 9.17) is 5.11 Å². The van der Waals surface area contributed by atoms with Gasteiger partial charge in [-0.1, -0.05) is 6.08 Å². The molecule has 2 amide bonds. The van der Waals surface area contributed by atoms with Gasteiger partial charge in [-0.25, -0.2) is 4.79 Å². The Balaban J connectivity index is 3.76. The molecule has 0 spiro atoms. The Kier molecular flexibility index (Phi) is 4.52. The smallest absolute Gasteiger partial charge is 0.405 e. The molecule has 0 radical (unpaired) electrons. The van der Waals surface area contributed by atoms with E-state index in [2.05, 4.69) is 11.9 Å². The first-order valence-electron chi connectivity index (χ1n) is 3.46. The van der Waals surface area contributed by atoms with E-state index in [9.17, 15) is 9.59 Å². The van der Waals surface area contributed by atoms with E-state index < -0.39 is 12.1 Å². The third-order valence-corrected chi connectivity index (χ3v) is 1.15. The fourth-order valence-electron chi connectivity index (χ4n) is 0.577. The van der Waals surface area contributed by atoms with Crippen molar-refractivity contribution in [2.75, 3.05) is 6.54 Å². The fourth-order valence-corrected chi connectivity index (χ4v) is 0.577. The number of carbonyl (C=O) groups excluding carboxylic acids is 1. The third-order valence-electron chi connectivity index (χ3n) is 1.15. The lowest BCUT2D eigenvalue weighted by Gasteiger charge is -2.09. The Morgan fingerprint density at radius 2 is 2.25 bits per heavy atom. The van der Waals surface area contributed by atoms with Gasteiger partial charge in [0, 0.05) is 6.54 Å². The molecule has 12 heavy (non-hydrogen) atoms. The summed E-state index contributed by atoms with van der Waals surface area (Å²) >= 11 is 0. The zero-order chi connectivity index (χ0) is 9.56. The highest BCUT2D eigenvalue weighted by atomic mass is 16.4. The number of carbonyl (C=O) groups is 2. The molecule has 5 nitrogen and oxygen atoms in total. The normalized spacial score (nSPS) is 11.4.